The van der Waals surface area contributed by atoms with Crippen LogP contribution in [0.15, 0.2) is 47.6 Å². The highest BCUT2D eigenvalue weighted by Gasteiger charge is 2.05. The van der Waals surface area contributed by atoms with E-state index in [-0.39, 0.29) is 5.56 Å². The van der Waals surface area contributed by atoms with E-state index in [1.807, 2.05) is 6.07 Å². The van der Waals surface area contributed by atoms with E-state index in [4.69, 9.17) is 10.8 Å². The smallest absolute Gasteiger partial charge is 0.337 e. The number of nitrogens with zero attached hydrogens (tertiary/aromatic N) is 1. The molecule has 3 N–H and O–H groups in total. The maximum Gasteiger partial charge on any atom is 0.337 e. The number of hydrogen-bond donors (Lipinski definition) is 2. The molecule has 0 bridgehead atoms. The Bertz CT molecular complexity index is 641. The predicted octanol–water partition coefficient (Wildman–Crippen LogP) is 2.17. The van der Waals surface area contributed by atoms with Crippen LogP contribution in [0.5, 0.6) is 0 Å². The molecule has 0 radical (unpaired) electrons. The van der Waals surface area contributed by atoms with E-state index in [0.717, 1.165) is 10.6 Å². The Morgan fingerprint density at radius 3 is 2.60 bits per heavy atom. The summed E-state index contributed by atoms with van der Waals surface area (Å²) in [6, 6.07) is 10.2. The zero-order valence-corrected chi connectivity index (χ0v) is 11.3. The summed E-state index contributed by atoms with van der Waals surface area (Å²) in [5, 5.41) is 9.50. The lowest BCUT2D eigenvalue weighted by Crippen LogP contribution is -2.10. The number of hydrogen-bond acceptors (Lipinski definition) is 4. The van der Waals surface area contributed by atoms with E-state index in [2.05, 4.69) is 4.98 Å². The van der Waals surface area contributed by atoms with Gasteiger partial charge in [0.15, 0.2) is 0 Å². The van der Waals surface area contributed by atoms with Crippen LogP contribution in [0, 0.1) is 0 Å². The normalized spacial score (nSPS) is 10.2. The standard InChI is InChI=1S/C14H12N2O3S/c15-13(17)10-3-1-2-9(6-10)8-20-12-5-4-11(7-16-12)14(18)19/h1-7H,8H2,(H2,15,17)(H,18,19). The van der Waals surface area contributed by atoms with Gasteiger partial charge in [0, 0.05) is 17.5 Å². The first-order valence-corrected chi connectivity index (χ1v) is 6.76. The van der Waals surface area contributed by atoms with Gasteiger partial charge in [0.1, 0.15) is 0 Å². The number of aromatic carboxylic acids is 1. The Kier molecular flexibility index (Phi) is 4.37. The van der Waals surface area contributed by atoms with Gasteiger partial charge in [-0.3, -0.25) is 4.79 Å². The van der Waals surface area contributed by atoms with E-state index in [1.165, 1.54) is 24.0 Å². The molecule has 102 valence electrons. The number of rotatable bonds is 5. The number of pyridine rings is 1. The van der Waals surface area contributed by atoms with Crippen molar-refractivity contribution >= 4 is 23.6 Å². The van der Waals surface area contributed by atoms with E-state index in [9.17, 15) is 9.59 Å². The molecule has 0 saturated carbocycles. The summed E-state index contributed by atoms with van der Waals surface area (Å²) in [5.41, 5.74) is 6.80. The molecule has 2 aromatic rings. The summed E-state index contributed by atoms with van der Waals surface area (Å²) >= 11 is 1.46. The number of carbonyl (C=O) groups excluding carboxylic acids is 1. The largest absolute Gasteiger partial charge is 0.478 e. The molecule has 0 aliphatic rings. The third-order valence-electron chi connectivity index (χ3n) is 2.58. The fourth-order valence-electron chi connectivity index (χ4n) is 1.56. The van der Waals surface area contributed by atoms with Gasteiger partial charge in [-0.25, -0.2) is 9.78 Å². The third-order valence-corrected chi connectivity index (χ3v) is 3.60. The molecule has 1 amide bonds. The molecule has 0 aliphatic carbocycles. The van der Waals surface area contributed by atoms with Crippen molar-refractivity contribution in [3.8, 4) is 0 Å². The highest BCUT2D eigenvalue weighted by molar-refractivity contribution is 7.98. The topological polar surface area (TPSA) is 93.3 Å². The van der Waals surface area contributed by atoms with Gasteiger partial charge in [-0.15, -0.1) is 11.8 Å². The summed E-state index contributed by atoms with van der Waals surface area (Å²) in [7, 11) is 0. The molecule has 5 nitrogen and oxygen atoms in total. The van der Waals surface area contributed by atoms with Crippen LogP contribution in [-0.4, -0.2) is 22.0 Å². The Labute approximate surface area is 119 Å². The van der Waals surface area contributed by atoms with Gasteiger partial charge in [-0.05, 0) is 29.8 Å². The van der Waals surface area contributed by atoms with Crippen LogP contribution < -0.4 is 5.73 Å². The molecule has 0 fully saturated rings. The highest BCUT2D eigenvalue weighted by Crippen LogP contribution is 2.21. The second-order valence-electron chi connectivity index (χ2n) is 4.04. The average Bonchev–Trinajstić information content (AvgIpc) is 2.46. The second-order valence-corrected chi connectivity index (χ2v) is 5.04. The Morgan fingerprint density at radius 2 is 2.00 bits per heavy atom. The van der Waals surface area contributed by atoms with E-state index >= 15 is 0 Å². The molecular weight excluding hydrogens is 276 g/mol. The minimum atomic E-state index is -0.997. The maximum absolute atomic E-state index is 11.1. The van der Waals surface area contributed by atoms with Crippen molar-refractivity contribution in [3.05, 3.63) is 59.3 Å². The predicted molar refractivity (Wildman–Crippen MR) is 75.7 cm³/mol. The van der Waals surface area contributed by atoms with Crippen molar-refractivity contribution in [1.29, 1.82) is 0 Å². The van der Waals surface area contributed by atoms with Crippen LogP contribution in [0.4, 0.5) is 0 Å². The lowest BCUT2D eigenvalue weighted by Gasteiger charge is -2.03. The van der Waals surface area contributed by atoms with E-state index < -0.39 is 11.9 Å². The van der Waals surface area contributed by atoms with Crippen LogP contribution in [0.1, 0.15) is 26.3 Å². The molecule has 2 rings (SSSR count). The molecule has 0 saturated heterocycles. The number of carbonyl (C=O) groups is 2. The number of primary amides is 1. The first kappa shape index (κ1) is 14.1. The van der Waals surface area contributed by atoms with Crippen LogP contribution in [0.3, 0.4) is 0 Å². The number of aromatic nitrogens is 1. The molecule has 0 aliphatic heterocycles. The summed E-state index contributed by atoms with van der Waals surface area (Å²) in [5.74, 6) is -0.829. The van der Waals surface area contributed by atoms with Crippen molar-refractivity contribution in [2.24, 2.45) is 5.73 Å². The molecule has 1 aromatic heterocycles. The number of nitrogens with two attached hydrogens (primary N) is 1. The van der Waals surface area contributed by atoms with E-state index in [1.54, 1.807) is 24.3 Å². The molecule has 6 heteroatoms. The van der Waals surface area contributed by atoms with Crippen molar-refractivity contribution in [3.63, 3.8) is 0 Å². The third kappa shape index (κ3) is 3.58. The van der Waals surface area contributed by atoms with Gasteiger partial charge in [0.25, 0.3) is 0 Å². The summed E-state index contributed by atoms with van der Waals surface area (Å²) in [4.78, 5) is 25.8. The van der Waals surface area contributed by atoms with Crippen LogP contribution in [0.25, 0.3) is 0 Å². The zero-order valence-electron chi connectivity index (χ0n) is 10.4. The van der Waals surface area contributed by atoms with Gasteiger partial charge < -0.3 is 10.8 Å². The van der Waals surface area contributed by atoms with Crippen molar-refractivity contribution in [1.82, 2.24) is 4.98 Å². The highest BCUT2D eigenvalue weighted by atomic mass is 32.2. The van der Waals surface area contributed by atoms with Gasteiger partial charge in [-0.2, -0.15) is 0 Å². The minimum absolute atomic E-state index is 0.157. The van der Waals surface area contributed by atoms with Crippen molar-refractivity contribution in [2.75, 3.05) is 0 Å². The first-order valence-electron chi connectivity index (χ1n) is 5.77. The number of carboxylic acid groups (broad SMARTS) is 1. The molecule has 0 atom stereocenters. The maximum atomic E-state index is 11.1. The first-order chi connectivity index (χ1) is 9.56. The lowest BCUT2D eigenvalue weighted by atomic mass is 10.1. The molecule has 0 unspecified atom stereocenters. The fraction of sp³-hybridized carbons (Fsp3) is 0.0714. The fourth-order valence-corrected chi connectivity index (χ4v) is 2.35. The number of carboxylic acids is 1. The van der Waals surface area contributed by atoms with Crippen LogP contribution in [0.2, 0.25) is 0 Å². The Balaban J connectivity index is 2.03. The number of benzene rings is 1. The summed E-state index contributed by atoms with van der Waals surface area (Å²) < 4.78 is 0. The minimum Gasteiger partial charge on any atom is -0.478 e. The molecule has 1 heterocycles. The molecule has 20 heavy (non-hydrogen) atoms. The summed E-state index contributed by atoms with van der Waals surface area (Å²) in [6.45, 7) is 0. The van der Waals surface area contributed by atoms with Gasteiger partial charge >= 0.3 is 5.97 Å². The van der Waals surface area contributed by atoms with Crippen LogP contribution >= 0.6 is 11.8 Å². The summed E-state index contributed by atoms with van der Waals surface area (Å²) in [6.07, 6.45) is 1.32. The Morgan fingerprint density at radius 1 is 1.20 bits per heavy atom. The van der Waals surface area contributed by atoms with Crippen molar-refractivity contribution in [2.45, 2.75) is 10.8 Å². The van der Waals surface area contributed by atoms with E-state index in [0.29, 0.717) is 11.3 Å². The molecular formula is C14H12N2O3S. The Hall–Kier alpha value is -2.34. The van der Waals surface area contributed by atoms with Gasteiger partial charge in [0.2, 0.25) is 5.91 Å². The number of amides is 1. The zero-order chi connectivity index (χ0) is 14.5. The van der Waals surface area contributed by atoms with Gasteiger partial charge in [0.05, 0.1) is 10.6 Å². The quantitative estimate of drug-likeness (QED) is 0.822. The second kappa shape index (κ2) is 6.21. The lowest BCUT2D eigenvalue weighted by molar-refractivity contribution is 0.0696. The average molecular weight is 288 g/mol. The number of thioether (sulfide) groups is 1. The van der Waals surface area contributed by atoms with Gasteiger partial charge in [-0.1, -0.05) is 12.1 Å². The van der Waals surface area contributed by atoms with Crippen molar-refractivity contribution < 1.29 is 14.7 Å². The monoisotopic (exact) mass is 288 g/mol. The molecule has 1 aromatic carbocycles. The SMILES string of the molecule is NC(=O)c1cccc(CSc2ccc(C(=O)O)cn2)c1. The molecule has 0 spiro atoms. The van der Waals surface area contributed by atoms with Crippen LogP contribution in [-0.2, 0) is 5.75 Å².